The van der Waals surface area contributed by atoms with Gasteiger partial charge in [-0.15, -0.1) is 0 Å². The number of amides is 2. The lowest BCUT2D eigenvalue weighted by Gasteiger charge is -2.27. The minimum Gasteiger partial charge on any atom is -0.293 e. The fraction of sp³-hybridized carbons (Fsp3) is 0.440. The number of carbonyl (C=O) groups excluding carboxylic acids is 2. The van der Waals surface area contributed by atoms with Crippen LogP contribution >= 0.6 is 0 Å². The van der Waals surface area contributed by atoms with Gasteiger partial charge in [0.25, 0.3) is 0 Å². The normalized spacial score (nSPS) is 12.2. The molecule has 0 aliphatic heterocycles. The van der Waals surface area contributed by atoms with Crippen LogP contribution in [0.4, 0.5) is 10.2 Å². The zero-order chi connectivity index (χ0) is 23.8. The predicted molar refractivity (Wildman–Crippen MR) is 124 cm³/mol. The first-order valence-corrected chi connectivity index (χ1v) is 10.7. The molecule has 0 bridgehead atoms. The van der Waals surface area contributed by atoms with Crippen molar-refractivity contribution in [1.82, 2.24) is 14.4 Å². The second-order valence-corrected chi connectivity index (χ2v) is 10.7. The summed E-state index contributed by atoms with van der Waals surface area (Å²) in [6, 6.07) is 6.49. The zero-order valence-electron chi connectivity index (χ0n) is 19.9. The van der Waals surface area contributed by atoms with Crippen molar-refractivity contribution < 1.29 is 14.0 Å². The number of fused-ring (bicyclic) bond motifs is 1. The van der Waals surface area contributed by atoms with E-state index in [2.05, 4.69) is 9.97 Å². The summed E-state index contributed by atoms with van der Waals surface area (Å²) in [4.78, 5) is 37.1. The monoisotopic (exact) mass is 438 g/mol. The van der Waals surface area contributed by atoms with Crippen LogP contribution in [-0.2, 0) is 9.59 Å². The van der Waals surface area contributed by atoms with Gasteiger partial charge in [0.2, 0.25) is 11.8 Å². The number of hydrogen-bond acceptors (Lipinski definition) is 4. The summed E-state index contributed by atoms with van der Waals surface area (Å²) in [5, 5.41) is 0. The third-order valence-electron chi connectivity index (χ3n) is 4.79. The predicted octanol–water partition coefficient (Wildman–Crippen LogP) is 5.58. The molecule has 0 aliphatic rings. The Morgan fingerprint density at radius 3 is 2.06 bits per heavy atom. The van der Waals surface area contributed by atoms with Crippen LogP contribution in [0, 0.1) is 23.6 Å². The SMILES string of the molecule is Cc1ccc(-c2c(N(C(=O)CC(C)(C)C)C(=O)CC(C)(C)C)nc3ccc(F)cn23)nc1. The van der Waals surface area contributed by atoms with Crippen molar-refractivity contribution in [3.63, 3.8) is 0 Å². The second kappa shape index (κ2) is 8.45. The Bertz CT molecular complexity index is 1120. The Morgan fingerprint density at radius 1 is 0.969 bits per heavy atom. The number of anilines is 1. The number of aromatic nitrogens is 3. The largest absolute Gasteiger partial charge is 0.293 e. The van der Waals surface area contributed by atoms with Crippen LogP contribution in [0.3, 0.4) is 0 Å². The lowest BCUT2D eigenvalue weighted by Crippen LogP contribution is -2.41. The quantitative estimate of drug-likeness (QED) is 0.534. The molecule has 7 heteroatoms. The van der Waals surface area contributed by atoms with Crippen LogP contribution in [0.15, 0.2) is 36.7 Å². The van der Waals surface area contributed by atoms with Crippen LogP contribution in [0.5, 0.6) is 0 Å². The third kappa shape index (κ3) is 5.39. The van der Waals surface area contributed by atoms with E-state index in [4.69, 9.17) is 0 Å². The molecule has 3 heterocycles. The number of halogens is 1. The molecule has 0 atom stereocenters. The molecule has 0 N–H and O–H groups in total. The number of imidazole rings is 1. The van der Waals surface area contributed by atoms with Crippen LogP contribution in [0.2, 0.25) is 0 Å². The van der Waals surface area contributed by atoms with E-state index >= 15 is 0 Å². The first-order chi connectivity index (χ1) is 14.7. The Labute approximate surface area is 188 Å². The summed E-state index contributed by atoms with van der Waals surface area (Å²) in [6.07, 6.45) is 3.30. The van der Waals surface area contributed by atoms with Crippen LogP contribution in [0.1, 0.15) is 59.9 Å². The number of hydrogen-bond donors (Lipinski definition) is 0. The van der Waals surface area contributed by atoms with Crippen molar-refractivity contribution in [2.75, 3.05) is 4.90 Å². The Hall–Kier alpha value is -3.09. The molecule has 0 saturated heterocycles. The average Bonchev–Trinajstić information content (AvgIpc) is 2.97. The van der Waals surface area contributed by atoms with Gasteiger partial charge in [0.1, 0.15) is 17.2 Å². The second-order valence-electron chi connectivity index (χ2n) is 10.7. The van der Waals surface area contributed by atoms with E-state index in [0.29, 0.717) is 17.0 Å². The van der Waals surface area contributed by atoms with E-state index in [1.165, 1.54) is 18.3 Å². The molecule has 170 valence electrons. The van der Waals surface area contributed by atoms with Gasteiger partial charge in [-0.2, -0.15) is 0 Å². The first kappa shape index (κ1) is 23.6. The maximum atomic E-state index is 14.2. The number of aryl methyl sites for hydroxylation is 1. The average molecular weight is 439 g/mol. The molecule has 0 saturated carbocycles. The van der Waals surface area contributed by atoms with Crippen molar-refractivity contribution in [2.45, 2.75) is 61.3 Å². The Balaban J connectivity index is 2.27. The van der Waals surface area contributed by atoms with Crippen molar-refractivity contribution >= 4 is 23.3 Å². The van der Waals surface area contributed by atoms with E-state index < -0.39 is 5.82 Å². The van der Waals surface area contributed by atoms with Crippen LogP contribution in [-0.4, -0.2) is 26.2 Å². The summed E-state index contributed by atoms with van der Waals surface area (Å²) in [5.41, 5.74) is 1.64. The zero-order valence-corrected chi connectivity index (χ0v) is 19.9. The molecule has 0 radical (unpaired) electrons. The minimum absolute atomic E-state index is 0.159. The molecule has 3 rings (SSSR count). The van der Waals surface area contributed by atoms with E-state index in [9.17, 15) is 14.0 Å². The van der Waals surface area contributed by atoms with E-state index in [1.807, 2.05) is 54.5 Å². The lowest BCUT2D eigenvalue weighted by molar-refractivity contribution is -0.128. The van der Waals surface area contributed by atoms with Gasteiger partial charge in [-0.1, -0.05) is 47.6 Å². The molecule has 0 unspecified atom stereocenters. The fourth-order valence-corrected chi connectivity index (χ4v) is 3.45. The van der Waals surface area contributed by atoms with Crippen molar-refractivity contribution in [3.05, 3.63) is 48.0 Å². The summed E-state index contributed by atoms with van der Waals surface area (Å²) in [6.45, 7) is 13.6. The number of imide groups is 1. The van der Waals surface area contributed by atoms with Gasteiger partial charge in [-0.05, 0) is 41.5 Å². The highest BCUT2D eigenvalue weighted by Gasteiger charge is 2.34. The fourth-order valence-electron chi connectivity index (χ4n) is 3.45. The van der Waals surface area contributed by atoms with Gasteiger partial charge in [0.05, 0.1) is 5.69 Å². The number of carbonyl (C=O) groups is 2. The lowest BCUT2D eigenvalue weighted by atomic mass is 9.90. The smallest absolute Gasteiger partial charge is 0.235 e. The highest BCUT2D eigenvalue weighted by Crippen LogP contribution is 2.34. The highest BCUT2D eigenvalue weighted by atomic mass is 19.1. The van der Waals surface area contributed by atoms with Gasteiger partial charge in [0.15, 0.2) is 5.82 Å². The molecule has 0 aromatic carbocycles. The molecular formula is C25H31FN4O2. The molecule has 6 nitrogen and oxygen atoms in total. The molecule has 0 spiro atoms. The van der Waals surface area contributed by atoms with Gasteiger partial charge < -0.3 is 0 Å². The van der Waals surface area contributed by atoms with E-state index in [0.717, 1.165) is 10.5 Å². The molecule has 2 amide bonds. The minimum atomic E-state index is -0.455. The molecule has 32 heavy (non-hydrogen) atoms. The first-order valence-electron chi connectivity index (χ1n) is 10.7. The Kier molecular flexibility index (Phi) is 6.22. The van der Waals surface area contributed by atoms with Gasteiger partial charge in [-0.3, -0.25) is 19.0 Å². The van der Waals surface area contributed by atoms with Crippen LogP contribution in [0.25, 0.3) is 17.0 Å². The molecule has 3 aromatic rings. The topological polar surface area (TPSA) is 67.6 Å². The summed E-state index contributed by atoms with van der Waals surface area (Å²) in [5.74, 6) is -0.966. The van der Waals surface area contributed by atoms with Crippen molar-refractivity contribution in [3.8, 4) is 11.4 Å². The van der Waals surface area contributed by atoms with Crippen molar-refractivity contribution in [1.29, 1.82) is 0 Å². The maximum Gasteiger partial charge on any atom is 0.235 e. The number of rotatable bonds is 4. The van der Waals surface area contributed by atoms with Crippen LogP contribution < -0.4 is 4.90 Å². The summed E-state index contributed by atoms with van der Waals surface area (Å²) < 4.78 is 15.7. The van der Waals surface area contributed by atoms with E-state index in [-0.39, 0.29) is 41.3 Å². The molecule has 0 fully saturated rings. The maximum absolute atomic E-state index is 14.2. The third-order valence-corrected chi connectivity index (χ3v) is 4.79. The molecular weight excluding hydrogens is 407 g/mol. The van der Waals surface area contributed by atoms with E-state index in [1.54, 1.807) is 16.7 Å². The van der Waals surface area contributed by atoms with Gasteiger partial charge >= 0.3 is 0 Å². The van der Waals surface area contributed by atoms with Gasteiger partial charge in [-0.25, -0.2) is 14.3 Å². The molecule has 3 aromatic heterocycles. The Morgan fingerprint density at radius 2 is 1.56 bits per heavy atom. The van der Waals surface area contributed by atoms with Gasteiger partial charge in [0, 0.05) is 25.2 Å². The number of pyridine rings is 2. The molecule has 0 aliphatic carbocycles. The summed E-state index contributed by atoms with van der Waals surface area (Å²) in [7, 11) is 0. The van der Waals surface area contributed by atoms with Crippen molar-refractivity contribution in [2.24, 2.45) is 10.8 Å². The highest BCUT2D eigenvalue weighted by molar-refractivity contribution is 6.16. The summed E-state index contributed by atoms with van der Waals surface area (Å²) >= 11 is 0. The number of nitrogens with zero attached hydrogens (tertiary/aromatic N) is 4. The standard InChI is InChI=1S/C25H31FN4O2/c1-16-8-10-18(27-14-16)22-23(28-19-11-9-17(26)15-29(19)22)30(20(31)12-24(2,3)4)21(32)13-25(5,6)7/h8-11,14-15H,12-13H2,1-7H3.